The summed E-state index contributed by atoms with van der Waals surface area (Å²) in [6.45, 7) is 4.71. The lowest BCUT2D eigenvalue weighted by molar-refractivity contribution is 0.102. The minimum absolute atomic E-state index is 0.149. The molecule has 1 saturated heterocycles. The average molecular weight is 264 g/mol. The minimum atomic E-state index is 0.149. The van der Waals surface area contributed by atoms with E-state index in [1.54, 1.807) is 18.3 Å². The molecular weight excluding hydrogens is 244 g/mol. The number of thiazole rings is 1. The van der Waals surface area contributed by atoms with Crippen molar-refractivity contribution in [3.63, 3.8) is 0 Å². The molecule has 2 unspecified atom stereocenters. The molecule has 1 saturated carbocycles. The van der Waals surface area contributed by atoms with Gasteiger partial charge in [-0.2, -0.15) is 0 Å². The van der Waals surface area contributed by atoms with Crippen LogP contribution < -0.4 is 4.90 Å². The highest BCUT2D eigenvalue weighted by atomic mass is 32.1. The predicted molar refractivity (Wildman–Crippen MR) is 74.6 cm³/mol. The minimum Gasteiger partial charge on any atom is -0.345 e. The van der Waals surface area contributed by atoms with E-state index >= 15 is 0 Å². The lowest BCUT2D eigenvalue weighted by atomic mass is 9.85. The molecule has 3 rings (SSSR count). The van der Waals surface area contributed by atoms with Gasteiger partial charge in [0.25, 0.3) is 0 Å². The molecule has 18 heavy (non-hydrogen) atoms. The zero-order chi connectivity index (χ0) is 12.7. The van der Waals surface area contributed by atoms with Crippen molar-refractivity contribution in [3.05, 3.63) is 10.6 Å². The first kappa shape index (κ1) is 12.2. The van der Waals surface area contributed by atoms with Crippen LogP contribution in [0.25, 0.3) is 0 Å². The Kier molecular flexibility index (Phi) is 3.14. The molecule has 2 aliphatic rings. The molecule has 2 atom stereocenters. The number of carbonyl (C=O) groups excluding carboxylic acids is 1. The Balaban J connectivity index is 1.86. The van der Waals surface area contributed by atoms with Gasteiger partial charge in [0, 0.05) is 19.5 Å². The fraction of sp³-hybridized carbons (Fsp3) is 0.714. The molecule has 98 valence electrons. The Morgan fingerprint density at radius 2 is 2.11 bits per heavy atom. The Bertz CT molecular complexity index is 468. The van der Waals surface area contributed by atoms with E-state index in [1.807, 2.05) is 6.92 Å². The number of hydrogen-bond donors (Lipinski definition) is 0. The van der Waals surface area contributed by atoms with Crippen LogP contribution in [0.1, 0.15) is 54.4 Å². The number of Topliss-reactive ketones (excluding diaryl/α,β-unsaturated/α-hetero) is 1. The van der Waals surface area contributed by atoms with E-state index in [0.29, 0.717) is 6.04 Å². The second-order valence-electron chi connectivity index (χ2n) is 5.56. The number of hydrogen-bond acceptors (Lipinski definition) is 4. The van der Waals surface area contributed by atoms with Gasteiger partial charge in [-0.25, -0.2) is 4.98 Å². The molecule has 1 aromatic heterocycles. The van der Waals surface area contributed by atoms with Crippen molar-refractivity contribution in [2.45, 2.75) is 52.0 Å². The van der Waals surface area contributed by atoms with Gasteiger partial charge in [0.15, 0.2) is 10.9 Å². The van der Waals surface area contributed by atoms with Crippen molar-refractivity contribution in [2.24, 2.45) is 5.92 Å². The fourth-order valence-corrected chi connectivity index (χ4v) is 4.52. The van der Waals surface area contributed by atoms with E-state index in [-0.39, 0.29) is 5.78 Å². The van der Waals surface area contributed by atoms with E-state index in [4.69, 9.17) is 0 Å². The van der Waals surface area contributed by atoms with Gasteiger partial charge in [0.1, 0.15) is 0 Å². The lowest BCUT2D eigenvalue weighted by Crippen LogP contribution is -2.34. The molecule has 2 fully saturated rings. The van der Waals surface area contributed by atoms with Crippen molar-refractivity contribution in [1.29, 1.82) is 0 Å². The number of aromatic nitrogens is 1. The molecule has 0 N–H and O–H groups in total. The Morgan fingerprint density at radius 1 is 1.33 bits per heavy atom. The average Bonchev–Trinajstić information content (AvgIpc) is 2.92. The normalized spacial score (nSPS) is 27.3. The van der Waals surface area contributed by atoms with Gasteiger partial charge in [0.05, 0.1) is 10.6 Å². The molecular formula is C14H20N2OS. The van der Waals surface area contributed by atoms with Gasteiger partial charge in [-0.3, -0.25) is 4.79 Å². The number of fused-ring (bicyclic) bond motifs is 1. The van der Waals surface area contributed by atoms with Crippen molar-refractivity contribution in [2.75, 3.05) is 11.4 Å². The second-order valence-corrected chi connectivity index (χ2v) is 6.54. The van der Waals surface area contributed by atoms with Crippen LogP contribution >= 0.6 is 11.3 Å². The monoisotopic (exact) mass is 264 g/mol. The Labute approximate surface area is 112 Å². The molecule has 0 bridgehead atoms. The molecule has 0 spiro atoms. The van der Waals surface area contributed by atoms with E-state index in [0.717, 1.165) is 28.2 Å². The number of carbonyl (C=O) groups is 1. The van der Waals surface area contributed by atoms with Gasteiger partial charge in [0.2, 0.25) is 0 Å². The molecule has 1 aliphatic carbocycles. The van der Waals surface area contributed by atoms with Crippen LogP contribution in [0.5, 0.6) is 0 Å². The summed E-state index contributed by atoms with van der Waals surface area (Å²) < 4.78 is 0. The smallest absolute Gasteiger partial charge is 0.186 e. The fourth-order valence-electron chi connectivity index (χ4n) is 3.48. The highest BCUT2D eigenvalue weighted by molar-refractivity contribution is 7.17. The van der Waals surface area contributed by atoms with Crippen molar-refractivity contribution in [3.8, 4) is 0 Å². The maximum atomic E-state index is 11.5. The molecule has 1 aliphatic heterocycles. The topological polar surface area (TPSA) is 33.2 Å². The summed E-state index contributed by atoms with van der Waals surface area (Å²) in [5, 5.41) is 1.08. The number of rotatable bonds is 2. The molecule has 0 amide bonds. The Morgan fingerprint density at radius 3 is 2.83 bits per heavy atom. The predicted octanol–water partition coefficient (Wildman–Crippen LogP) is 3.42. The first-order chi connectivity index (χ1) is 8.66. The third-order valence-electron chi connectivity index (χ3n) is 4.36. The zero-order valence-corrected chi connectivity index (χ0v) is 11.9. The summed E-state index contributed by atoms with van der Waals surface area (Å²) in [7, 11) is 0. The number of ketones is 1. The summed E-state index contributed by atoms with van der Waals surface area (Å²) in [4.78, 5) is 19.5. The maximum Gasteiger partial charge on any atom is 0.186 e. The Hall–Kier alpha value is -0.900. The van der Waals surface area contributed by atoms with Gasteiger partial charge >= 0.3 is 0 Å². The summed E-state index contributed by atoms with van der Waals surface area (Å²) in [6.07, 6.45) is 6.73. The number of nitrogens with zero attached hydrogens (tertiary/aromatic N) is 2. The standard InChI is InChI=1S/C14H20N2OS/c1-9-13(10(2)17)18-14(15-9)16-8-7-11-5-3-4-6-12(11)16/h11-12H,3-8H2,1-2H3. The summed E-state index contributed by atoms with van der Waals surface area (Å²) >= 11 is 1.59. The van der Waals surface area contributed by atoms with E-state index in [2.05, 4.69) is 9.88 Å². The van der Waals surface area contributed by atoms with Crippen LogP contribution in [-0.4, -0.2) is 23.4 Å². The third-order valence-corrected chi connectivity index (χ3v) is 5.66. The van der Waals surface area contributed by atoms with E-state index < -0.39 is 0 Å². The van der Waals surface area contributed by atoms with Crippen LogP contribution in [0, 0.1) is 12.8 Å². The van der Waals surface area contributed by atoms with Gasteiger partial charge in [-0.05, 0) is 32.1 Å². The zero-order valence-electron chi connectivity index (χ0n) is 11.1. The van der Waals surface area contributed by atoms with Crippen LogP contribution in [0.3, 0.4) is 0 Å². The van der Waals surface area contributed by atoms with Crippen LogP contribution in [0.4, 0.5) is 5.13 Å². The quantitative estimate of drug-likeness (QED) is 0.767. The number of anilines is 1. The van der Waals surface area contributed by atoms with Crippen molar-refractivity contribution < 1.29 is 4.79 Å². The number of aryl methyl sites for hydroxylation is 1. The largest absolute Gasteiger partial charge is 0.345 e. The van der Waals surface area contributed by atoms with Crippen molar-refractivity contribution in [1.82, 2.24) is 4.98 Å². The summed E-state index contributed by atoms with van der Waals surface area (Å²) in [6, 6.07) is 0.684. The highest BCUT2D eigenvalue weighted by Crippen LogP contribution is 2.40. The van der Waals surface area contributed by atoms with Gasteiger partial charge in [-0.1, -0.05) is 24.2 Å². The molecule has 0 radical (unpaired) electrons. The van der Waals surface area contributed by atoms with Gasteiger partial charge in [-0.15, -0.1) is 0 Å². The van der Waals surface area contributed by atoms with E-state index in [9.17, 15) is 4.79 Å². The SMILES string of the molecule is CC(=O)c1sc(N2CCC3CCCCC32)nc1C. The summed E-state index contributed by atoms with van der Waals surface area (Å²) in [5.74, 6) is 1.01. The molecule has 0 aromatic carbocycles. The molecule has 4 heteroatoms. The first-order valence-electron chi connectivity index (χ1n) is 6.92. The molecule has 3 nitrogen and oxygen atoms in total. The summed E-state index contributed by atoms with van der Waals surface area (Å²) in [5.41, 5.74) is 0.904. The van der Waals surface area contributed by atoms with Gasteiger partial charge < -0.3 is 4.90 Å². The molecule has 2 heterocycles. The van der Waals surface area contributed by atoms with Crippen LogP contribution in [0.2, 0.25) is 0 Å². The first-order valence-corrected chi connectivity index (χ1v) is 7.73. The third kappa shape index (κ3) is 1.96. The molecule has 1 aromatic rings. The van der Waals surface area contributed by atoms with E-state index in [1.165, 1.54) is 32.1 Å². The highest BCUT2D eigenvalue weighted by Gasteiger charge is 2.37. The van der Waals surface area contributed by atoms with Crippen LogP contribution in [0.15, 0.2) is 0 Å². The second kappa shape index (κ2) is 4.65. The van der Waals surface area contributed by atoms with Crippen LogP contribution in [-0.2, 0) is 0 Å². The van der Waals surface area contributed by atoms with Crippen molar-refractivity contribution >= 4 is 22.3 Å². The lowest BCUT2D eigenvalue weighted by Gasteiger charge is -2.31. The maximum absolute atomic E-state index is 11.5.